The van der Waals surface area contributed by atoms with E-state index in [-0.39, 0.29) is 11.5 Å². The zero-order valence-electron chi connectivity index (χ0n) is 14.3. The van der Waals surface area contributed by atoms with Crippen LogP contribution in [0.15, 0.2) is 65.6 Å². The lowest BCUT2D eigenvalue weighted by molar-refractivity contribution is -0.173. The van der Waals surface area contributed by atoms with E-state index in [1.54, 1.807) is 11.8 Å². The van der Waals surface area contributed by atoms with Gasteiger partial charge in [0.05, 0.1) is 12.7 Å². The molecule has 2 fully saturated rings. The fraction of sp³-hybridized carbons (Fsp3) is 0.350. The molecule has 4 rings (SSSR count). The van der Waals surface area contributed by atoms with Crippen LogP contribution >= 0.6 is 11.8 Å². The first-order valence-electron chi connectivity index (χ1n) is 8.60. The van der Waals surface area contributed by atoms with Crippen molar-refractivity contribution < 1.29 is 23.7 Å². The second-order valence-corrected chi connectivity index (χ2v) is 7.49. The maximum Gasteiger partial charge on any atom is 0.509 e. The second-order valence-electron chi connectivity index (χ2n) is 6.32. The molecule has 5 nitrogen and oxygen atoms in total. The number of fused-ring (bicyclic) bond motifs is 1. The van der Waals surface area contributed by atoms with E-state index in [1.807, 2.05) is 67.6 Å². The molecule has 26 heavy (non-hydrogen) atoms. The van der Waals surface area contributed by atoms with Gasteiger partial charge < -0.3 is 18.9 Å². The first kappa shape index (κ1) is 17.4. The highest BCUT2D eigenvalue weighted by atomic mass is 32.2. The van der Waals surface area contributed by atoms with E-state index >= 15 is 0 Å². The van der Waals surface area contributed by atoms with Crippen molar-refractivity contribution in [2.45, 2.75) is 48.3 Å². The Balaban J connectivity index is 1.54. The Morgan fingerprint density at radius 3 is 2.35 bits per heavy atom. The minimum atomic E-state index is -0.658. The van der Waals surface area contributed by atoms with E-state index in [1.165, 1.54) is 0 Å². The van der Waals surface area contributed by atoms with Gasteiger partial charge in [0.25, 0.3) is 0 Å². The Hall–Kier alpha value is -2.02. The third-order valence-corrected chi connectivity index (χ3v) is 5.63. The van der Waals surface area contributed by atoms with E-state index in [4.69, 9.17) is 18.9 Å². The van der Waals surface area contributed by atoms with Gasteiger partial charge in [0.2, 0.25) is 0 Å². The number of benzene rings is 2. The van der Waals surface area contributed by atoms with Crippen LogP contribution in [0.5, 0.6) is 0 Å². The Kier molecular flexibility index (Phi) is 5.15. The fourth-order valence-electron chi connectivity index (χ4n) is 3.19. The van der Waals surface area contributed by atoms with Crippen molar-refractivity contribution >= 4 is 17.9 Å². The van der Waals surface area contributed by atoms with Gasteiger partial charge in [-0.1, -0.05) is 60.3 Å². The monoisotopic (exact) mass is 372 g/mol. The topological polar surface area (TPSA) is 54.0 Å². The van der Waals surface area contributed by atoms with Gasteiger partial charge in [-0.15, -0.1) is 0 Å². The third kappa shape index (κ3) is 3.72. The van der Waals surface area contributed by atoms with Gasteiger partial charge in [0.1, 0.15) is 11.5 Å². The summed E-state index contributed by atoms with van der Waals surface area (Å²) in [5, 5.41) is 0. The maximum absolute atomic E-state index is 11.7. The average molecular weight is 372 g/mol. The predicted molar refractivity (Wildman–Crippen MR) is 96.8 cm³/mol. The lowest BCUT2D eigenvalue weighted by atomic mass is 10.0. The summed E-state index contributed by atoms with van der Waals surface area (Å²) in [6.07, 6.45) is -2.27. The zero-order chi connectivity index (χ0) is 17.9. The number of ether oxygens (including phenoxy) is 4. The number of rotatable bonds is 5. The van der Waals surface area contributed by atoms with E-state index < -0.39 is 24.5 Å². The van der Waals surface area contributed by atoms with Gasteiger partial charge in [-0.05, 0) is 24.6 Å². The third-order valence-electron chi connectivity index (χ3n) is 4.47. The summed E-state index contributed by atoms with van der Waals surface area (Å²) in [6, 6.07) is 19.9. The quantitative estimate of drug-likeness (QED) is 0.739. The molecule has 2 aliphatic rings. The molecule has 0 bridgehead atoms. The van der Waals surface area contributed by atoms with Crippen LogP contribution in [0, 0.1) is 0 Å². The lowest BCUT2D eigenvalue weighted by Gasteiger charge is -2.39. The van der Waals surface area contributed by atoms with Gasteiger partial charge in [0.15, 0.2) is 12.2 Å². The Morgan fingerprint density at radius 1 is 0.962 bits per heavy atom. The molecular weight excluding hydrogens is 352 g/mol. The molecule has 0 aliphatic carbocycles. The summed E-state index contributed by atoms with van der Waals surface area (Å²) < 4.78 is 23.0. The smallest absolute Gasteiger partial charge is 0.424 e. The first-order chi connectivity index (χ1) is 12.7. The summed E-state index contributed by atoms with van der Waals surface area (Å²) in [5.41, 5.74) is 0.753. The van der Waals surface area contributed by atoms with Crippen LogP contribution in [0.2, 0.25) is 0 Å². The van der Waals surface area contributed by atoms with Crippen LogP contribution in [0.3, 0.4) is 0 Å². The van der Waals surface area contributed by atoms with Crippen molar-refractivity contribution in [1.29, 1.82) is 0 Å². The van der Waals surface area contributed by atoms with Crippen molar-refractivity contribution in [1.82, 2.24) is 0 Å². The predicted octanol–water partition coefficient (Wildman–Crippen LogP) is 4.01. The molecule has 2 aromatic carbocycles. The molecule has 2 heterocycles. The molecule has 5 atom stereocenters. The molecule has 2 aliphatic heterocycles. The molecule has 0 aromatic heterocycles. The number of hydrogen-bond donors (Lipinski definition) is 0. The van der Waals surface area contributed by atoms with Crippen molar-refractivity contribution in [3.8, 4) is 0 Å². The van der Waals surface area contributed by atoms with Crippen LogP contribution in [0.25, 0.3) is 0 Å². The lowest BCUT2D eigenvalue weighted by Crippen LogP contribution is -2.55. The normalized spacial score (nSPS) is 30.3. The van der Waals surface area contributed by atoms with Gasteiger partial charge in [-0.25, -0.2) is 4.79 Å². The Bertz CT molecular complexity index is 738. The maximum atomic E-state index is 11.7. The highest BCUT2D eigenvalue weighted by Gasteiger charge is 2.53. The van der Waals surface area contributed by atoms with Crippen molar-refractivity contribution in [3.05, 3.63) is 66.2 Å². The summed E-state index contributed by atoms with van der Waals surface area (Å²) in [6.45, 7) is 2.31. The molecule has 2 aromatic rings. The minimum Gasteiger partial charge on any atom is -0.424 e. The number of carbonyl (C=O) groups excluding carboxylic acids is 1. The van der Waals surface area contributed by atoms with Crippen LogP contribution in [0.1, 0.15) is 12.5 Å². The van der Waals surface area contributed by atoms with Crippen molar-refractivity contribution in [3.63, 3.8) is 0 Å². The van der Waals surface area contributed by atoms with Gasteiger partial charge in [0, 0.05) is 4.90 Å². The summed E-state index contributed by atoms with van der Waals surface area (Å²) in [7, 11) is 0. The Labute approximate surface area is 156 Å². The van der Waals surface area contributed by atoms with Crippen LogP contribution < -0.4 is 0 Å². The van der Waals surface area contributed by atoms with Crippen molar-refractivity contribution in [2.75, 3.05) is 0 Å². The highest BCUT2D eigenvalue weighted by Crippen LogP contribution is 2.39. The van der Waals surface area contributed by atoms with E-state index in [0.717, 1.165) is 10.5 Å². The van der Waals surface area contributed by atoms with Crippen LogP contribution in [-0.2, 0) is 25.6 Å². The molecule has 0 saturated carbocycles. The van der Waals surface area contributed by atoms with Crippen molar-refractivity contribution in [2.24, 2.45) is 0 Å². The molecule has 0 N–H and O–H groups in total. The second kappa shape index (κ2) is 7.70. The molecule has 2 saturated heterocycles. The largest absolute Gasteiger partial charge is 0.509 e. The molecule has 0 amide bonds. The fourth-order valence-corrected chi connectivity index (χ4v) is 4.37. The molecule has 0 spiro atoms. The number of carbonyl (C=O) groups is 1. The SMILES string of the molecule is C[C@@H]1O[C@H](Sc2ccccc2)[C@H](OCc2ccccc2)[C@@H]2OC(=O)O[C@H]21. The van der Waals surface area contributed by atoms with Gasteiger partial charge >= 0.3 is 6.16 Å². The number of thioether (sulfide) groups is 1. The summed E-state index contributed by atoms with van der Waals surface area (Å²) in [4.78, 5) is 12.7. The van der Waals surface area contributed by atoms with Crippen LogP contribution in [-0.4, -0.2) is 36.0 Å². The highest BCUT2D eigenvalue weighted by molar-refractivity contribution is 7.99. The van der Waals surface area contributed by atoms with E-state index in [0.29, 0.717) is 6.61 Å². The zero-order valence-corrected chi connectivity index (χ0v) is 15.1. The van der Waals surface area contributed by atoms with Gasteiger partial charge in [-0.3, -0.25) is 0 Å². The van der Waals surface area contributed by atoms with Gasteiger partial charge in [-0.2, -0.15) is 0 Å². The van der Waals surface area contributed by atoms with E-state index in [9.17, 15) is 4.79 Å². The number of hydrogen-bond acceptors (Lipinski definition) is 6. The van der Waals surface area contributed by atoms with Crippen LogP contribution in [0.4, 0.5) is 4.79 Å². The Morgan fingerprint density at radius 2 is 1.62 bits per heavy atom. The standard InChI is InChI=1S/C20H20O5S/c1-13-16-17(25-20(21)24-16)18(22-12-14-8-4-2-5-9-14)19(23-13)26-15-10-6-3-7-11-15/h2-11,13,16-19H,12H2,1H3/t13-,16-,17+,18+,19+/m0/s1. The van der Waals surface area contributed by atoms with E-state index in [2.05, 4.69) is 0 Å². The molecule has 0 radical (unpaired) electrons. The molecular formula is C20H20O5S. The molecule has 6 heteroatoms. The summed E-state index contributed by atoms with van der Waals surface area (Å²) in [5.74, 6) is 0. The molecule has 136 valence electrons. The summed E-state index contributed by atoms with van der Waals surface area (Å²) >= 11 is 1.57. The first-order valence-corrected chi connectivity index (χ1v) is 9.48. The average Bonchev–Trinajstić information content (AvgIpc) is 3.05. The minimum absolute atomic E-state index is 0.260. The molecule has 0 unspecified atom stereocenters.